The SMILES string of the molecule is CNC(Cc1cccc(Br)c1)C1CN(C(C)C)CCO1. The van der Waals surface area contributed by atoms with Crippen molar-refractivity contribution in [1.82, 2.24) is 10.2 Å². The van der Waals surface area contributed by atoms with E-state index in [4.69, 9.17) is 4.74 Å². The third-order valence-corrected chi connectivity index (χ3v) is 4.51. The van der Waals surface area contributed by atoms with Gasteiger partial charge >= 0.3 is 0 Å². The van der Waals surface area contributed by atoms with E-state index in [-0.39, 0.29) is 6.10 Å². The van der Waals surface area contributed by atoms with Gasteiger partial charge in [0.15, 0.2) is 0 Å². The molecule has 1 aliphatic rings. The predicted molar refractivity (Wildman–Crippen MR) is 87.1 cm³/mol. The van der Waals surface area contributed by atoms with Crippen LogP contribution in [0, 0.1) is 0 Å². The van der Waals surface area contributed by atoms with E-state index in [2.05, 4.69) is 64.3 Å². The fourth-order valence-corrected chi connectivity index (χ4v) is 3.19. The van der Waals surface area contributed by atoms with Crippen molar-refractivity contribution in [2.24, 2.45) is 0 Å². The molecule has 0 saturated carbocycles. The Balaban J connectivity index is 2.00. The minimum absolute atomic E-state index is 0.259. The van der Waals surface area contributed by atoms with Crippen LogP contribution < -0.4 is 5.32 Å². The number of halogens is 1. The summed E-state index contributed by atoms with van der Waals surface area (Å²) in [6.07, 6.45) is 1.25. The van der Waals surface area contributed by atoms with Crippen molar-refractivity contribution >= 4 is 15.9 Å². The van der Waals surface area contributed by atoms with E-state index in [0.29, 0.717) is 12.1 Å². The molecular weight excluding hydrogens is 316 g/mol. The quantitative estimate of drug-likeness (QED) is 0.891. The minimum Gasteiger partial charge on any atom is -0.374 e. The number of morpholine rings is 1. The Bertz CT molecular complexity index is 425. The zero-order valence-corrected chi connectivity index (χ0v) is 14.2. The van der Waals surface area contributed by atoms with Gasteiger partial charge in [-0.05, 0) is 45.0 Å². The standard InChI is InChI=1S/C16H25BrN2O/c1-12(2)19-7-8-20-16(11-19)15(18-3)10-13-5-4-6-14(17)9-13/h4-6,9,12,15-16,18H,7-8,10-11H2,1-3H3. The number of rotatable bonds is 5. The average molecular weight is 341 g/mol. The Morgan fingerprint density at radius 2 is 2.25 bits per heavy atom. The summed E-state index contributed by atoms with van der Waals surface area (Å²) in [4.78, 5) is 2.50. The van der Waals surface area contributed by atoms with Gasteiger partial charge in [-0.1, -0.05) is 28.1 Å². The van der Waals surface area contributed by atoms with Gasteiger partial charge in [-0.2, -0.15) is 0 Å². The largest absolute Gasteiger partial charge is 0.374 e. The molecule has 2 unspecified atom stereocenters. The molecule has 1 heterocycles. The summed E-state index contributed by atoms with van der Waals surface area (Å²) < 4.78 is 7.14. The van der Waals surface area contributed by atoms with Crippen LogP contribution in [0.2, 0.25) is 0 Å². The summed E-state index contributed by atoms with van der Waals surface area (Å²) in [5.74, 6) is 0. The highest BCUT2D eigenvalue weighted by atomic mass is 79.9. The molecule has 1 fully saturated rings. The van der Waals surface area contributed by atoms with Crippen molar-refractivity contribution in [2.45, 2.75) is 38.5 Å². The Hall–Kier alpha value is -0.420. The molecule has 1 N–H and O–H groups in total. The molecule has 0 radical (unpaired) electrons. The Morgan fingerprint density at radius 1 is 1.45 bits per heavy atom. The van der Waals surface area contributed by atoms with E-state index in [0.717, 1.165) is 30.6 Å². The molecule has 0 amide bonds. The Labute approximate surface area is 130 Å². The van der Waals surface area contributed by atoms with Crippen LogP contribution in [0.5, 0.6) is 0 Å². The first-order chi connectivity index (χ1) is 9.60. The zero-order chi connectivity index (χ0) is 14.5. The van der Waals surface area contributed by atoms with Crippen LogP contribution in [0.3, 0.4) is 0 Å². The molecular formula is C16H25BrN2O. The highest BCUT2D eigenvalue weighted by molar-refractivity contribution is 9.10. The van der Waals surface area contributed by atoms with E-state index in [1.54, 1.807) is 0 Å². The van der Waals surface area contributed by atoms with E-state index < -0.39 is 0 Å². The van der Waals surface area contributed by atoms with Gasteiger partial charge in [0.25, 0.3) is 0 Å². The van der Waals surface area contributed by atoms with Crippen molar-refractivity contribution in [3.8, 4) is 0 Å². The van der Waals surface area contributed by atoms with Gasteiger partial charge in [0.1, 0.15) is 0 Å². The van der Waals surface area contributed by atoms with Crippen molar-refractivity contribution in [3.63, 3.8) is 0 Å². The highest BCUT2D eigenvalue weighted by Crippen LogP contribution is 2.17. The molecule has 0 bridgehead atoms. The first kappa shape index (κ1) is 16.0. The molecule has 1 aliphatic heterocycles. The molecule has 4 heteroatoms. The maximum atomic E-state index is 6.00. The summed E-state index contributed by atoms with van der Waals surface area (Å²) in [5, 5.41) is 3.43. The lowest BCUT2D eigenvalue weighted by molar-refractivity contribution is -0.0541. The van der Waals surface area contributed by atoms with Crippen LogP contribution >= 0.6 is 15.9 Å². The van der Waals surface area contributed by atoms with E-state index in [1.807, 2.05) is 7.05 Å². The summed E-state index contributed by atoms with van der Waals surface area (Å²) in [7, 11) is 2.03. The van der Waals surface area contributed by atoms with Crippen LogP contribution in [0.4, 0.5) is 0 Å². The zero-order valence-electron chi connectivity index (χ0n) is 12.6. The van der Waals surface area contributed by atoms with Crippen molar-refractivity contribution < 1.29 is 4.74 Å². The van der Waals surface area contributed by atoms with Gasteiger partial charge in [-0.3, -0.25) is 4.90 Å². The molecule has 2 rings (SSSR count). The fraction of sp³-hybridized carbons (Fsp3) is 0.625. The lowest BCUT2D eigenvalue weighted by Gasteiger charge is -2.39. The molecule has 3 nitrogen and oxygen atoms in total. The van der Waals surface area contributed by atoms with Crippen LogP contribution in [-0.4, -0.2) is 49.8 Å². The van der Waals surface area contributed by atoms with Gasteiger partial charge in [-0.15, -0.1) is 0 Å². The van der Waals surface area contributed by atoms with Gasteiger partial charge in [0.05, 0.1) is 12.7 Å². The predicted octanol–water partition coefficient (Wildman–Crippen LogP) is 2.69. The second-order valence-corrected chi connectivity index (χ2v) is 6.64. The van der Waals surface area contributed by atoms with Crippen molar-refractivity contribution in [2.75, 3.05) is 26.7 Å². The molecule has 1 saturated heterocycles. The van der Waals surface area contributed by atoms with Gasteiger partial charge in [0, 0.05) is 29.6 Å². The lowest BCUT2D eigenvalue weighted by Crippen LogP contribution is -2.53. The van der Waals surface area contributed by atoms with Crippen LogP contribution in [0.25, 0.3) is 0 Å². The Kier molecular flexibility index (Phi) is 6.02. The second-order valence-electron chi connectivity index (χ2n) is 5.73. The molecule has 1 aromatic carbocycles. The molecule has 1 aromatic rings. The van der Waals surface area contributed by atoms with Crippen molar-refractivity contribution in [1.29, 1.82) is 0 Å². The number of likely N-dealkylation sites (N-methyl/N-ethyl adjacent to an activating group) is 1. The first-order valence-electron chi connectivity index (χ1n) is 7.37. The van der Waals surface area contributed by atoms with E-state index in [9.17, 15) is 0 Å². The number of ether oxygens (including phenoxy) is 1. The molecule has 0 aliphatic carbocycles. The lowest BCUT2D eigenvalue weighted by atomic mass is 10.00. The Morgan fingerprint density at radius 3 is 2.90 bits per heavy atom. The number of benzene rings is 1. The van der Waals surface area contributed by atoms with Gasteiger partial charge in [0.2, 0.25) is 0 Å². The normalized spacial score (nSPS) is 22.1. The maximum absolute atomic E-state index is 6.00. The maximum Gasteiger partial charge on any atom is 0.0858 e. The number of nitrogens with one attached hydrogen (secondary N) is 1. The molecule has 0 aromatic heterocycles. The number of hydrogen-bond donors (Lipinski definition) is 1. The monoisotopic (exact) mass is 340 g/mol. The third-order valence-electron chi connectivity index (χ3n) is 4.02. The second kappa shape index (κ2) is 7.55. The van der Waals surface area contributed by atoms with Crippen LogP contribution in [0.1, 0.15) is 19.4 Å². The molecule has 20 heavy (non-hydrogen) atoms. The molecule has 2 atom stereocenters. The number of nitrogens with zero attached hydrogens (tertiary/aromatic N) is 1. The first-order valence-corrected chi connectivity index (χ1v) is 8.17. The number of hydrogen-bond acceptors (Lipinski definition) is 3. The molecule has 112 valence electrons. The summed E-state index contributed by atoms with van der Waals surface area (Å²) in [6.45, 7) is 7.40. The van der Waals surface area contributed by atoms with Crippen molar-refractivity contribution in [3.05, 3.63) is 34.3 Å². The van der Waals surface area contributed by atoms with Gasteiger partial charge < -0.3 is 10.1 Å². The van der Waals surface area contributed by atoms with E-state index >= 15 is 0 Å². The van der Waals surface area contributed by atoms with Crippen LogP contribution in [0.15, 0.2) is 28.7 Å². The summed E-state index contributed by atoms with van der Waals surface area (Å²) in [6, 6.07) is 9.46. The summed E-state index contributed by atoms with van der Waals surface area (Å²) >= 11 is 3.54. The molecule has 0 spiro atoms. The highest BCUT2D eigenvalue weighted by Gasteiger charge is 2.28. The van der Waals surface area contributed by atoms with E-state index in [1.165, 1.54) is 5.56 Å². The fourth-order valence-electron chi connectivity index (χ4n) is 2.75. The summed E-state index contributed by atoms with van der Waals surface area (Å²) in [5.41, 5.74) is 1.34. The van der Waals surface area contributed by atoms with Gasteiger partial charge in [-0.25, -0.2) is 0 Å². The minimum atomic E-state index is 0.259. The van der Waals surface area contributed by atoms with Crippen LogP contribution in [-0.2, 0) is 11.2 Å². The topological polar surface area (TPSA) is 24.5 Å². The smallest absolute Gasteiger partial charge is 0.0858 e. The average Bonchev–Trinajstić information content (AvgIpc) is 2.45. The third kappa shape index (κ3) is 4.29.